The number of carboxylic acid groups (broad SMARTS) is 2. The molecule has 1 atom stereocenters. The van der Waals surface area contributed by atoms with Crippen molar-refractivity contribution in [1.82, 2.24) is 0 Å². The average Bonchev–Trinajstić information content (AvgIpc) is 2.70. The predicted molar refractivity (Wildman–Crippen MR) is 112 cm³/mol. The zero-order chi connectivity index (χ0) is 21.1. The molecule has 0 saturated carbocycles. The number of benzene rings is 2. The van der Waals surface area contributed by atoms with Crippen LogP contribution in [0.3, 0.4) is 0 Å². The summed E-state index contributed by atoms with van der Waals surface area (Å²) in [5, 5.41) is 29.1. The van der Waals surface area contributed by atoms with E-state index in [1.165, 1.54) is 12.2 Å². The molecule has 0 radical (unpaired) electrons. The summed E-state index contributed by atoms with van der Waals surface area (Å²) < 4.78 is 0. The van der Waals surface area contributed by atoms with E-state index >= 15 is 0 Å². The van der Waals surface area contributed by atoms with Gasteiger partial charge in [-0.25, -0.2) is 20.2 Å². The first-order valence-electron chi connectivity index (χ1n) is 8.61. The van der Waals surface area contributed by atoms with Gasteiger partial charge in [0, 0.05) is 24.3 Å². The Morgan fingerprint density at radius 1 is 0.759 bits per heavy atom. The number of allylic oxidation sites excluding steroid dienone is 4. The van der Waals surface area contributed by atoms with E-state index in [9.17, 15) is 14.8 Å². The lowest BCUT2D eigenvalue weighted by atomic mass is 10.2. The molecule has 0 amide bonds. The smallest absolute Gasteiger partial charge is 0.328 e. The van der Waals surface area contributed by atoms with E-state index in [0.717, 1.165) is 23.3 Å². The summed E-state index contributed by atoms with van der Waals surface area (Å²) in [7, 11) is 0. The summed E-state index contributed by atoms with van der Waals surface area (Å²) in [6.45, 7) is 0. The first-order valence-corrected chi connectivity index (χ1v) is 8.61. The first kappa shape index (κ1) is 21.4. The largest absolute Gasteiger partial charge is 0.603 e. The number of carbonyl (C=O) groups is 2. The van der Waals surface area contributed by atoms with E-state index in [1.54, 1.807) is 72.8 Å². The summed E-state index contributed by atoms with van der Waals surface area (Å²) in [5.74, 6) is -2.02. The number of quaternary nitrogens is 1. The van der Waals surface area contributed by atoms with Crippen molar-refractivity contribution in [2.24, 2.45) is 0 Å². The van der Waals surface area contributed by atoms with Crippen LogP contribution in [-0.4, -0.2) is 22.2 Å². The van der Waals surface area contributed by atoms with Crippen LogP contribution in [0.25, 0.3) is 12.2 Å². The fourth-order valence-corrected chi connectivity index (χ4v) is 2.24. The summed E-state index contributed by atoms with van der Waals surface area (Å²) >= 11 is 0. The van der Waals surface area contributed by atoms with Gasteiger partial charge in [0.1, 0.15) is 0 Å². The molecule has 7 heteroatoms. The molecule has 29 heavy (non-hydrogen) atoms. The van der Waals surface area contributed by atoms with Crippen molar-refractivity contribution in [2.45, 2.75) is 0 Å². The Morgan fingerprint density at radius 3 is 1.66 bits per heavy atom. The lowest BCUT2D eigenvalue weighted by Gasteiger charge is -2.22. The summed E-state index contributed by atoms with van der Waals surface area (Å²) in [6.07, 6.45) is 11.6. The van der Waals surface area contributed by atoms with Crippen LogP contribution in [0, 0.1) is 5.21 Å². The van der Waals surface area contributed by atoms with Gasteiger partial charge in [0.15, 0.2) is 5.69 Å². The van der Waals surface area contributed by atoms with Crippen LogP contribution in [0.2, 0.25) is 0 Å². The summed E-state index contributed by atoms with van der Waals surface area (Å²) in [4.78, 5) is 20.8. The highest BCUT2D eigenvalue weighted by molar-refractivity contribution is 5.80. The molecular weight excluding hydrogens is 372 g/mol. The van der Waals surface area contributed by atoms with Gasteiger partial charge in [-0.2, -0.15) is 0 Å². The Balaban J connectivity index is 1.93. The highest BCUT2D eigenvalue weighted by Crippen LogP contribution is 2.11. The fraction of sp³-hybridized carbons (Fsp3) is 0. The molecule has 2 aromatic rings. The number of anilines is 1. The minimum atomic E-state index is -1.01. The van der Waals surface area contributed by atoms with Crippen molar-refractivity contribution < 1.29 is 25.0 Å². The number of carboxylic acids is 2. The molecule has 0 aromatic heterocycles. The van der Waals surface area contributed by atoms with Crippen LogP contribution in [0.1, 0.15) is 11.1 Å². The molecule has 0 aliphatic rings. The van der Waals surface area contributed by atoms with Crippen molar-refractivity contribution >= 4 is 35.5 Å². The van der Waals surface area contributed by atoms with Crippen molar-refractivity contribution in [3.05, 3.63) is 101 Å². The number of hydrogen-bond acceptors (Lipinski definition) is 4. The molecular formula is C22H20N2O5. The molecule has 0 bridgehead atoms. The van der Waals surface area contributed by atoms with Gasteiger partial charge in [-0.3, -0.25) is 0 Å². The van der Waals surface area contributed by atoms with Crippen molar-refractivity contribution in [1.29, 1.82) is 0 Å². The molecule has 0 saturated heterocycles. The van der Waals surface area contributed by atoms with Gasteiger partial charge in [0.05, 0.1) is 5.69 Å². The van der Waals surface area contributed by atoms with E-state index in [-0.39, 0.29) is 5.17 Å². The number of nitrogens with one attached hydrogen (secondary N) is 2. The van der Waals surface area contributed by atoms with Crippen LogP contribution in [0.4, 0.5) is 11.4 Å². The highest BCUT2D eigenvalue weighted by Gasteiger charge is 2.03. The molecule has 2 aromatic carbocycles. The SMILES string of the molecule is O=C(O)C=CC=Cc1ccc(N[NH+]([O-])c2ccc(C=CC=CC(=O)O)cc2)cc1. The van der Waals surface area contributed by atoms with Crippen LogP contribution >= 0.6 is 0 Å². The van der Waals surface area contributed by atoms with Gasteiger partial charge >= 0.3 is 11.9 Å². The molecule has 0 heterocycles. The number of hydrogen-bond donors (Lipinski definition) is 4. The van der Waals surface area contributed by atoms with E-state index in [4.69, 9.17) is 10.2 Å². The Labute approximate surface area is 167 Å². The first-order chi connectivity index (χ1) is 13.9. The molecule has 0 spiro atoms. The Kier molecular flexibility index (Phi) is 8.12. The fourth-order valence-electron chi connectivity index (χ4n) is 2.24. The van der Waals surface area contributed by atoms with Crippen LogP contribution in [0.15, 0.2) is 85.0 Å². The normalized spacial score (nSPS) is 12.9. The molecule has 148 valence electrons. The Hall–Kier alpha value is -3.94. The maximum Gasteiger partial charge on any atom is 0.328 e. The lowest BCUT2D eigenvalue weighted by molar-refractivity contribution is -0.749. The molecule has 0 aliphatic carbocycles. The topological polar surface area (TPSA) is 114 Å². The monoisotopic (exact) mass is 392 g/mol. The number of aliphatic carboxylic acids is 2. The third-order valence-corrected chi connectivity index (χ3v) is 3.62. The maximum absolute atomic E-state index is 12.3. The van der Waals surface area contributed by atoms with E-state index in [1.807, 2.05) is 0 Å². The quantitative estimate of drug-likeness (QED) is 0.296. The van der Waals surface area contributed by atoms with Gasteiger partial charge in [-0.05, 0) is 35.4 Å². The summed E-state index contributed by atoms with van der Waals surface area (Å²) in [6, 6.07) is 14.0. The number of rotatable bonds is 9. The van der Waals surface area contributed by atoms with Crippen LogP contribution in [0.5, 0.6) is 0 Å². The third kappa shape index (κ3) is 8.08. The molecule has 1 unspecified atom stereocenters. The standard InChI is InChI=1S/C22H20N2O5/c25-21(26)7-3-1-5-17-9-13-19(14-10-17)23-24(29)20-15-11-18(12-16-20)6-2-4-8-22(27)28/h1-16,23-24H,(H,25,26)(H,27,28). The van der Waals surface area contributed by atoms with Gasteiger partial charge in [0.2, 0.25) is 0 Å². The van der Waals surface area contributed by atoms with Crippen LogP contribution < -0.4 is 10.6 Å². The maximum atomic E-state index is 12.3. The second-order valence-electron chi connectivity index (χ2n) is 5.81. The molecule has 2 rings (SSSR count). The second kappa shape index (κ2) is 11.0. The third-order valence-electron chi connectivity index (χ3n) is 3.62. The molecule has 0 fully saturated rings. The van der Waals surface area contributed by atoms with Gasteiger partial charge < -0.3 is 15.4 Å². The van der Waals surface area contributed by atoms with Crippen molar-refractivity contribution in [3.8, 4) is 0 Å². The Bertz CT molecular complexity index is 942. The van der Waals surface area contributed by atoms with E-state index in [2.05, 4.69) is 5.43 Å². The van der Waals surface area contributed by atoms with Crippen molar-refractivity contribution in [3.63, 3.8) is 0 Å². The predicted octanol–water partition coefficient (Wildman–Crippen LogP) is 3.04. The Morgan fingerprint density at radius 2 is 1.21 bits per heavy atom. The average molecular weight is 392 g/mol. The minimum absolute atomic E-state index is 0.251. The van der Waals surface area contributed by atoms with Crippen molar-refractivity contribution in [2.75, 3.05) is 5.43 Å². The lowest BCUT2D eigenvalue weighted by Crippen LogP contribution is -3.05. The second-order valence-corrected chi connectivity index (χ2v) is 5.81. The van der Waals surface area contributed by atoms with Gasteiger partial charge in [-0.1, -0.05) is 48.6 Å². The highest BCUT2D eigenvalue weighted by atomic mass is 16.5. The molecule has 7 nitrogen and oxygen atoms in total. The van der Waals surface area contributed by atoms with E-state index < -0.39 is 11.9 Å². The zero-order valence-electron chi connectivity index (χ0n) is 15.4. The molecule has 4 N–H and O–H groups in total. The zero-order valence-corrected chi connectivity index (χ0v) is 15.4. The van der Waals surface area contributed by atoms with Gasteiger partial charge in [-0.15, -0.1) is 0 Å². The van der Waals surface area contributed by atoms with Crippen LogP contribution in [-0.2, 0) is 9.59 Å². The summed E-state index contributed by atoms with van der Waals surface area (Å²) in [5.41, 5.74) is 5.63. The van der Waals surface area contributed by atoms with Gasteiger partial charge in [0.25, 0.3) is 0 Å². The minimum Gasteiger partial charge on any atom is -0.603 e. The molecule has 0 aliphatic heterocycles. The van der Waals surface area contributed by atoms with E-state index in [0.29, 0.717) is 11.4 Å².